The summed E-state index contributed by atoms with van der Waals surface area (Å²) in [5.74, 6) is -0.161. The predicted molar refractivity (Wildman–Crippen MR) is 59.2 cm³/mol. The number of carbonyl (C=O) groups is 1. The van der Waals surface area contributed by atoms with Crippen molar-refractivity contribution in [2.24, 2.45) is 0 Å². The minimum Gasteiger partial charge on any atom is -0.455 e. The number of nitrogens with zero attached hydrogens (tertiary/aromatic N) is 1. The number of halogens is 1. The van der Waals surface area contributed by atoms with Crippen LogP contribution in [0.25, 0.3) is 0 Å². The molecule has 1 aromatic rings. The van der Waals surface area contributed by atoms with Crippen LogP contribution >= 0.6 is 27.3 Å². The summed E-state index contributed by atoms with van der Waals surface area (Å²) in [6.07, 6.45) is 1.04. The van der Waals surface area contributed by atoms with Crippen LogP contribution in [0.3, 0.4) is 0 Å². The lowest BCUT2D eigenvalue weighted by Crippen LogP contribution is -2.07. The maximum absolute atomic E-state index is 11.2. The molecule has 1 rings (SSSR count). The number of esters is 1. The number of carbonyl (C=O) groups excluding carboxylic acids is 1. The number of aromatic nitrogens is 1. The Kier molecular flexibility index (Phi) is 4.54. The van der Waals surface area contributed by atoms with Gasteiger partial charge in [-0.15, -0.1) is 11.3 Å². The lowest BCUT2D eigenvalue weighted by Gasteiger charge is -2.09. The van der Waals surface area contributed by atoms with E-state index in [9.17, 15) is 4.79 Å². The van der Waals surface area contributed by atoms with Crippen molar-refractivity contribution < 1.29 is 9.53 Å². The summed E-state index contributed by atoms with van der Waals surface area (Å²) in [4.78, 5) is 15.4. The Balaban J connectivity index is 2.50. The zero-order valence-corrected chi connectivity index (χ0v) is 10.5. The molecule has 3 nitrogen and oxygen atoms in total. The minimum atomic E-state index is -0.245. The van der Waals surface area contributed by atoms with Crippen LogP contribution in [0.5, 0.6) is 0 Å². The summed E-state index contributed by atoms with van der Waals surface area (Å²) >= 11 is 4.74. The van der Waals surface area contributed by atoms with Crippen molar-refractivity contribution in [2.75, 3.05) is 0 Å². The van der Waals surface area contributed by atoms with Crippen LogP contribution in [0.15, 0.2) is 9.98 Å². The Morgan fingerprint density at radius 1 is 1.79 bits per heavy atom. The molecule has 0 radical (unpaired) electrons. The van der Waals surface area contributed by atoms with Crippen LogP contribution < -0.4 is 0 Å². The van der Waals surface area contributed by atoms with E-state index in [-0.39, 0.29) is 12.1 Å². The summed E-state index contributed by atoms with van der Waals surface area (Å²) in [6, 6.07) is 0. The van der Waals surface area contributed by atoms with E-state index < -0.39 is 0 Å². The van der Waals surface area contributed by atoms with Crippen molar-refractivity contribution in [2.45, 2.75) is 32.8 Å². The monoisotopic (exact) mass is 277 g/mol. The SMILES string of the molecule is CCCC(=O)O[C@@H](C)c1nc(Br)cs1. The minimum absolute atomic E-state index is 0.161. The van der Waals surface area contributed by atoms with Gasteiger partial charge in [0.1, 0.15) is 9.61 Å². The third-order valence-electron chi connectivity index (χ3n) is 1.60. The van der Waals surface area contributed by atoms with Gasteiger partial charge < -0.3 is 4.74 Å². The number of thiazole rings is 1. The number of hydrogen-bond donors (Lipinski definition) is 0. The highest BCUT2D eigenvalue weighted by Gasteiger charge is 2.13. The van der Waals surface area contributed by atoms with Crippen LogP contribution in [0.1, 0.15) is 37.8 Å². The Morgan fingerprint density at radius 3 is 3.00 bits per heavy atom. The molecule has 1 atom stereocenters. The van der Waals surface area contributed by atoms with Crippen molar-refractivity contribution in [1.29, 1.82) is 0 Å². The molecule has 0 aromatic carbocycles. The highest BCUT2D eigenvalue weighted by Crippen LogP contribution is 2.23. The van der Waals surface area contributed by atoms with E-state index >= 15 is 0 Å². The standard InChI is InChI=1S/C9H12BrNO2S/c1-3-4-8(12)13-6(2)9-11-7(10)5-14-9/h5-6H,3-4H2,1-2H3/t6-/m0/s1. The average molecular weight is 278 g/mol. The molecule has 0 N–H and O–H groups in total. The zero-order valence-electron chi connectivity index (χ0n) is 8.12. The first kappa shape index (κ1) is 11.7. The van der Waals surface area contributed by atoms with Crippen molar-refractivity contribution in [1.82, 2.24) is 4.98 Å². The van der Waals surface area contributed by atoms with Crippen LogP contribution in [-0.4, -0.2) is 11.0 Å². The number of hydrogen-bond acceptors (Lipinski definition) is 4. The van der Waals surface area contributed by atoms with Crippen molar-refractivity contribution >= 4 is 33.2 Å². The summed E-state index contributed by atoms with van der Waals surface area (Å²) < 4.78 is 5.97. The molecule has 78 valence electrons. The Hall–Kier alpha value is -0.420. The second-order valence-corrected chi connectivity index (χ2v) is 4.59. The molecule has 0 saturated heterocycles. The van der Waals surface area contributed by atoms with Gasteiger partial charge in [-0.1, -0.05) is 6.92 Å². The van der Waals surface area contributed by atoms with E-state index in [0.29, 0.717) is 6.42 Å². The van der Waals surface area contributed by atoms with Crippen LogP contribution in [-0.2, 0) is 9.53 Å². The summed E-state index contributed by atoms with van der Waals surface area (Å²) in [5.41, 5.74) is 0. The first-order valence-electron chi connectivity index (χ1n) is 4.44. The van der Waals surface area contributed by atoms with Crippen LogP contribution in [0.4, 0.5) is 0 Å². The Labute approximate surface area is 95.6 Å². The van der Waals surface area contributed by atoms with Gasteiger partial charge in [-0.25, -0.2) is 4.98 Å². The lowest BCUT2D eigenvalue weighted by atomic mass is 10.3. The topological polar surface area (TPSA) is 39.2 Å². The van der Waals surface area contributed by atoms with Gasteiger partial charge in [0.25, 0.3) is 0 Å². The first-order valence-corrected chi connectivity index (χ1v) is 6.11. The Bertz CT molecular complexity index is 314. The molecule has 0 bridgehead atoms. The molecule has 0 amide bonds. The van der Waals surface area contributed by atoms with Gasteiger partial charge in [0.2, 0.25) is 0 Å². The molecular formula is C9H12BrNO2S. The maximum atomic E-state index is 11.2. The second kappa shape index (κ2) is 5.46. The number of rotatable bonds is 4. The van der Waals surface area contributed by atoms with E-state index in [4.69, 9.17) is 4.74 Å². The first-order chi connectivity index (χ1) is 6.63. The molecule has 0 saturated carbocycles. The summed E-state index contributed by atoms with van der Waals surface area (Å²) in [6.45, 7) is 3.78. The second-order valence-electron chi connectivity index (χ2n) is 2.89. The molecule has 14 heavy (non-hydrogen) atoms. The predicted octanol–water partition coefficient (Wildman–Crippen LogP) is 3.31. The fourth-order valence-electron chi connectivity index (χ4n) is 0.964. The van der Waals surface area contributed by atoms with Gasteiger partial charge in [-0.3, -0.25) is 4.79 Å². The molecule has 0 aliphatic rings. The maximum Gasteiger partial charge on any atom is 0.306 e. The third-order valence-corrected chi connectivity index (χ3v) is 3.32. The van der Waals surface area contributed by atoms with Gasteiger partial charge in [0.15, 0.2) is 6.10 Å². The normalized spacial score (nSPS) is 12.5. The fourth-order valence-corrected chi connectivity index (χ4v) is 2.21. The van der Waals surface area contributed by atoms with Crippen molar-refractivity contribution in [3.05, 3.63) is 15.0 Å². The quantitative estimate of drug-likeness (QED) is 0.793. The summed E-state index contributed by atoms with van der Waals surface area (Å²) in [7, 11) is 0. The molecule has 0 unspecified atom stereocenters. The molecule has 1 heterocycles. The summed E-state index contributed by atoms with van der Waals surface area (Å²) in [5, 5.41) is 2.70. The van der Waals surface area contributed by atoms with Gasteiger partial charge in [0.05, 0.1) is 0 Å². The van der Waals surface area contributed by atoms with Crippen molar-refractivity contribution in [3.8, 4) is 0 Å². The highest BCUT2D eigenvalue weighted by atomic mass is 79.9. The Morgan fingerprint density at radius 2 is 2.50 bits per heavy atom. The largest absolute Gasteiger partial charge is 0.455 e. The van der Waals surface area contributed by atoms with Crippen LogP contribution in [0.2, 0.25) is 0 Å². The average Bonchev–Trinajstić information content (AvgIpc) is 2.52. The van der Waals surface area contributed by atoms with E-state index in [2.05, 4.69) is 20.9 Å². The lowest BCUT2D eigenvalue weighted by molar-refractivity contribution is -0.148. The molecule has 0 aliphatic heterocycles. The molecule has 0 spiro atoms. The molecule has 1 aromatic heterocycles. The third kappa shape index (κ3) is 3.38. The van der Waals surface area contributed by atoms with Gasteiger partial charge in [-0.05, 0) is 29.3 Å². The van der Waals surface area contributed by atoms with E-state index in [1.54, 1.807) is 0 Å². The zero-order chi connectivity index (χ0) is 10.6. The van der Waals surface area contributed by atoms with Gasteiger partial charge in [-0.2, -0.15) is 0 Å². The number of ether oxygens (including phenoxy) is 1. The van der Waals surface area contributed by atoms with E-state index in [1.807, 2.05) is 19.2 Å². The fraction of sp³-hybridized carbons (Fsp3) is 0.556. The molecule has 5 heteroatoms. The van der Waals surface area contributed by atoms with E-state index in [0.717, 1.165) is 16.0 Å². The van der Waals surface area contributed by atoms with Gasteiger partial charge >= 0.3 is 5.97 Å². The van der Waals surface area contributed by atoms with Gasteiger partial charge in [0, 0.05) is 11.8 Å². The van der Waals surface area contributed by atoms with Crippen LogP contribution in [0, 0.1) is 0 Å². The molecule has 0 fully saturated rings. The molecule has 0 aliphatic carbocycles. The van der Waals surface area contributed by atoms with E-state index in [1.165, 1.54) is 11.3 Å². The highest BCUT2D eigenvalue weighted by molar-refractivity contribution is 9.10. The van der Waals surface area contributed by atoms with Crippen molar-refractivity contribution in [3.63, 3.8) is 0 Å². The molecular weight excluding hydrogens is 266 g/mol. The smallest absolute Gasteiger partial charge is 0.306 e.